The number of furan rings is 1. The van der Waals surface area contributed by atoms with Gasteiger partial charge in [0.2, 0.25) is 0 Å². The van der Waals surface area contributed by atoms with Gasteiger partial charge in [-0.05, 0) is 29.8 Å². The molecule has 4 aromatic carbocycles. The summed E-state index contributed by atoms with van der Waals surface area (Å²) in [6.45, 7) is 0. The van der Waals surface area contributed by atoms with E-state index in [1.807, 2.05) is 72.4 Å². The molecular weight excluding hydrogens is 486 g/mol. The molecule has 1 aliphatic heterocycles. The van der Waals surface area contributed by atoms with Crippen LogP contribution in [0.4, 0.5) is 0 Å². The molecule has 0 saturated carbocycles. The lowest BCUT2D eigenvalue weighted by atomic mass is 9.91. The summed E-state index contributed by atoms with van der Waals surface area (Å²) in [5.74, 6) is 2.34. The molecule has 38 heavy (non-hydrogen) atoms. The van der Waals surface area contributed by atoms with E-state index < -0.39 is 0 Å². The molecule has 180 valence electrons. The Bertz CT molecular complexity index is 1920. The number of fused-ring (bicyclic) bond motifs is 6. The van der Waals surface area contributed by atoms with Gasteiger partial charge in [-0.15, -0.1) is 11.8 Å². The quantitative estimate of drug-likeness (QED) is 0.240. The normalized spacial score (nSPS) is 17.7. The fourth-order valence-corrected chi connectivity index (χ4v) is 6.81. The summed E-state index contributed by atoms with van der Waals surface area (Å²) in [6, 6.07) is 30.9. The number of benzene rings is 4. The standard InChI is InChI=1S/C33H21N3OS/c1-2-9-20(10-3-1)31-34-32(21-17-18-29-25(19-21)22-11-5-7-16-28(22)38-29)36-33(35-31)24-13-8-15-27-30(24)23-12-4-6-14-26(23)37-27/h1-19,22,28H. The van der Waals surface area contributed by atoms with Crippen LogP contribution >= 0.6 is 11.8 Å². The van der Waals surface area contributed by atoms with E-state index in [1.165, 1.54) is 10.5 Å². The van der Waals surface area contributed by atoms with E-state index in [9.17, 15) is 0 Å². The van der Waals surface area contributed by atoms with Crippen molar-refractivity contribution < 1.29 is 4.42 Å². The minimum Gasteiger partial charge on any atom is -0.456 e. The maximum atomic E-state index is 6.16. The smallest absolute Gasteiger partial charge is 0.164 e. The van der Waals surface area contributed by atoms with Gasteiger partial charge in [-0.1, -0.05) is 91.0 Å². The van der Waals surface area contributed by atoms with Crippen LogP contribution in [0.2, 0.25) is 0 Å². The van der Waals surface area contributed by atoms with Gasteiger partial charge in [-0.3, -0.25) is 0 Å². The lowest BCUT2D eigenvalue weighted by Crippen LogP contribution is -2.07. The highest BCUT2D eigenvalue weighted by Gasteiger charge is 2.31. The monoisotopic (exact) mass is 507 g/mol. The molecule has 2 aromatic heterocycles. The van der Waals surface area contributed by atoms with E-state index in [0.717, 1.165) is 38.6 Å². The highest BCUT2D eigenvalue weighted by Crippen LogP contribution is 2.49. The van der Waals surface area contributed by atoms with E-state index >= 15 is 0 Å². The van der Waals surface area contributed by atoms with Gasteiger partial charge in [0.15, 0.2) is 17.5 Å². The predicted molar refractivity (Wildman–Crippen MR) is 154 cm³/mol. The van der Waals surface area contributed by atoms with Crippen LogP contribution in [-0.2, 0) is 0 Å². The van der Waals surface area contributed by atoms with Crippen LogP contribution in [0.3, 0.4) is 0 Å². The lowest BCUT2D eigenvalue weighted by Gasteiger charge is -2.15. The van der Waals surface area contributed by atoms with Gasteiger partial charge < -0.3 is 4.42 Å². The second kappa shape index (κ2) is 8.54. The van der Waals surface area contributed by atoms with Gasteiger partial charge in [0.1, 0.15) is 11.2 Å². The van der Waals surface area contributed by atoms with Crippen molar-refractivity contribution in [1.29, 1.82) is 0 Å². The summed E-state index contributed by atoms with van der Waals surface area (Å²) in [4.78, 5) is 16.3. The minimum atomic E-state index is 0.376. The molecule has 0 saturated heterocycles. The molecule has 0 amide bonds. The van der Waals surface area contributed by atoms with Crippen molar-refractivity contribution in [2.75, 3.05) is 0 Å². The topological polar surface area (TPSA) is 51.8 Å². The highest BCUT2D eigenvalue weighted by molar-refractivity contribution is 8.00. The number of para-hydroxylation sites is 1. The van der Waals surface area contributed by atoms with Crippen LogP contribution in [0.15, 0.2) is 125 Å². The van der Waals surface area contributed by atoms with Gasteiger partial charge in [0, 0.05) is 43.5 Å². The first-order chi connectivity index (χ1) is 18.8. The first-order valence-corrected chi connectivity index (χ1v) is 13.6. The summed E-state index contributed by atoms with van der Waals surface area (Å²) >= 11 is 1.93. The van der Waals surface area contributed by atoms with Gasteiger partial charge in [0.25, 0.3) is 0 Å². The summed E-state index contributed by atoms with van der Waals surface area (Å²) in [7, 11) is 0. The Morgan fingerprint density at radius 2 is 1.39 bits per heavy atom. The van der Waals surface area contributed by atoms with Crippen molar-refractivity contribution in [3.05, 3.63) is 121 Å². The zero-order valence-corrected chi connectivity index (χ0v) is 21.1. The molecule has 2 atom stereocenters. The van der Waals surface area contributed by atoms with Crippen molar-refractivity contribution in [3.8, 4) is 34.2 Å². The van der Waals surface area contributed by atoms with Crippen LogP contribution in [0, 0.1) is 0 Å². The SMILES string of the molecule is C1=CC2Sc3ccc(-c4nc(-c5ccccc5)nc(-c5cccc6oc7ccccc7c56)n4)cc3C2C=C1. The first-order valence-electron chi connectivity index (χ1n) is 12.7. The van der Waals surface area contributed by atoms with Crippen molar-refractivity contribution in [3.63, 3.8) is 0 Å². The zero-order valence-electron chi connectivity index (χ0n) is 20.3. The first kappa shape index (κ1) is 21.6. The third kappa shape index (κ3) is 3.43. The Hall–Kier alpha value is -4.48. The average molecular weight is 508 g/mol. The molecule has 3 heterocycles. The van der Waals surface area contributed by atoms with Crippen LogP contribution in [0.5, 0.6) is 0 Å². The Kier molecular flexibility index (Phi) is 4.85. The molecular formula is C33H21N3OS. The minimum absolute atomic E-state index is 0.376. The molecule has 2 aliphatic rings. The second-order valence-corrected chi connectivity index (χ2v) is 10.8. The van der Waals surface area contributed by atoms with Crippen molar-refractivity contribution in [2.45, 2.75) is 16.1 Å². The molecule has 2 unspecified atom stereocenters. The van der Waals surface area contributed by atoms with Crippen LogP contribution < -0.4 is 0 Å². The Morgan fingerprint density at radius 3 is 2.32 bits per heavy atom. The lowest BCUT2D eigenvalue weighted by molar-refractivity contribution is 0.669. The maximum absolute atomic E-state index is 6.16. The molecule has 8 rings (SSSR count). The third-order valence-electron chi connectivity index (χ3n) is 7.29. The molecule has 0 spiro atoms. The second-order valence-electron chi connectivity index (χ2n) is 9.58. The molecule has 1 aliphatic carbocycles. The molecule has 0 bridgehead atoms. The fraction of sp³-hybridized carbons (Fsp3) is 0.0606. The number of hydrogen-bond donors (Lipinski definition) is 0. The fourth-order valence-electron chi connectivity index (χ4n) is 5.48. The Morgan fingerprint density at radius 1 is 0.632 bits per heavy atom. The molecule has 0 radical (unpaired) electrons. The average Bonchev–Trinajstić information content (AvgIpc) is 3.55. The van der Waals surface area contributed by atoms with Crippen molar-refractivity contribution in [1.82, 2.24) is 15.0 Å². The zero-order chi connectivity index (χ0) is 25.1. The molecule has 4 nitrogen and oxygen atoms in total. The van der Waals surface area contributed by atoms with E-state index in [0.29, 0.717) is 28.6 Å². The van der Waals surface area contributed by atoms with Crippen LogP contribution in [-0.4, -0.2) is 20.2 Å². The number of nitrogens with zero attached hydrogens (tertiary/aromatic N) is 3. The van der Waals surface area contributed by atoms with Gasteiger partial charge in [-0.25, -0.2) is 15.0 Å². The summed E-state index contributed by atoms with van der Waals surface area (Å²) in [6.07, 6.45) is 8.88. The van der Waals surface area contributed by atoms with E-state index in [2.05, 4.69) is 54.6 Å². The molecule has 0 N–H and O–H groups in total. The number of allylic oxidation sites excluding steroid dienone is 3. The largest absolute Gasteiger partial charge is 0.456 e. The molecule has 0 fully saturated rings. The van der Waals surface area contributed by atoms with E-state index in [-0.39, 0.29) is 0 Å². The predicted octanol–water partition coefficient (Wildman–Crippen LogP) is 8.46. The van der Waals surface area contributed by atoms with E-state index in [1.54, 1.807) is 0 Å². The Labute approximate surface area is 223 Å². The van der Waals surface area contributed by atoms with Crippen molar-refractivity contribution in [2.24, 2.45) is 0 Å². The molecule has 5 heteroatoms. The van der Waals surface area contributed by atoms with Gasteiger partial charge in [0.05, 0.1) is 0 Å². The number of rotatable bonds is 3. The summed E-state index contributed by atoms with van der Waals surface area (Å²) < 4.78 is 6.16. The summed E-state index contributed by atoms with van der Waals surface area (Å²) in [5.41, 5.74) is 5.91. The highest BCUT2D eigenvalue weighted by atomic mass is 32.2. The number of thioether (sulfide) groups is 1. The van der Waals surface area contributed by atoms with E-state index in [4.69, 9.17) is 19.4 Å². The van der Waals surface area contributed by atoms with Gasteiger partial charge >= 0.3 is 0 Å². The Balaban J connectivity index is 1.35. The maximum Gasteiger partial charge on any atom is 0.164 e. The van der Waals surface area contributed by atoms with Crippen molar-refractivity contribution >= 4 is 33.7 Å². The van der Waals surface area contributed by atoms with Gasteiger partial charge in [-0.2, -0.15) is 0 Å². The third-order valence-corrected chi connectivity index (χ3v) is 8.63. The number of hydrogen-bond acceptors (Lipinski definition) is 5. The summed E-state index contributed by atoms with van der Waals surface area (Å²) in [5, 5.41) is 2.52. The van der Waals surface area contributed by atoms with Crippen LogP contribution in [0.25, 0.3) is 56.1 Å². The van der Waals surface area contributed by atoms with Crippen LogP contribution in [0.1, 0.15) is 11.5 Å². The number of aromatic nitrogens is 3. The molecule has 6 aromatic rings.